The number of allylic oxidation sites excluding steroid dienone is 4. The Kier molecular flexibility index (Phi) is 4.67. The van der Waals surface area contributed by atoms with E-state index < -0.39 is 0 Å². The smallest absolute Gasteiger partial charge is 0.198 e. The molecule has 2 aromatic heterocycles. The Labute approximate surface area is 151 Å². The van der Waals surface area contributed by atoms with Gasteiger partial charge in [-0.3, -0.25) is 0 Å². The molecule has 2 N–H and O–H groups in total. The fraction of sp³-hybridized carbons (Fsp3) is 0.150. The highest BCUT2D eigenvalue weighted by atomic mass is 19.1. The molecule has 0 spiro atoms. The molecule has 3 aromatic rings. The average Bonchev–Trinajstić information content (AvgIpc) is 3.04. The lowest BCUT2D eigenvalue weighted by molar-refractivity contribution is 0.628. The number of aromatic nitrogens is 4. The van der Waals surface area contributed by atoms with Gasteiger partial charge in [0.2, 0.25) is 0 Å². The molecule has 5 nitrogen and oxygen atoms in total. The van der Waals surface area contributed by atoms with Gasteiger partial charge < -0.3 is 5.73 Å². The number of nitrogen functional groups attached to an aromatic ring is 1. The van der Waals surface area contributed by atoms with Crippen molar-refractivity contribution >= 4 is 11.5 Å². The SMILES string of the molecule is C=C/C=C(\C=C)Cc1nc2c(N)nc(-c3cc(F)ccc3C)c(C)n2n1. The van der Waals surface area contributed by atoms with Crippen LogP contribution in [-0.2, 0) is 6.42 Å². The number of nitrogens with two attached hydrogens (primary N) is 1. The normalized spacial score (nSPS) is 11.7. The van der Waals surface area contributed by atoms with E-state index in [1.807, 2.05) is 19.9 Å². The highest BCUT2D eigenvalue weighted by molar-refractivity contribution is 5.71. The first-order chi connectivity index (χ1) is 12.4. The van der Waals surface area contributed by atoms with Gasteiger partial charge in [0, 0.05) is 12.0 Å². The Morgan fingerprint density at radius 2 is 2.04 bits per heavy atom. The maximum absolute atomic E-state index is 13.7. The van der Waals surface area contributed by atoms with Crippen molar-refractivity contribution < 1.29 is 4.39 Å². The summed E-state index contributed by atoms with van der Waals surface area (Å²) in [5, 5.41) is 4.55. The second-order valence-electron chi connectivity index (χ2n) is 6.01. The number of fused-ring (bicyclic) bond motifs is 1. The van der Waals surface area contributed by atoms with Gasteiger partial charge in [-0.1, -0.05) is 37.5 Å². The lowest BCUT2D eigenvalue weighted by Gasteiger charge is -2.10. The second kappa shape index (κ2) is 6.92. The Bertz CT molecular complexity index is 1050. The monoisotopic (exact) mass is 349 g/mol. The first-order valence-electron chi connectivity index (χ1n) is 8.17. The zero-order valence-electron chi connectivity index (χ0n) is 14.8. The van der Waals surface area contributed by atoms with Crippen molar-refractivity contribution in [3.8, 4) is 11.3 Å². The number of benzene rings is 1. The summed E-state index contributed by atoms with van der Waals surface area (Å²) in [5.41, 5.74) is 10.5. The molecule has 0 bridgehead atoms. The summed E-state index contributed by atoms with van der Waals surface area (Å²) >= 11 is 0. The van der Waals surface area contributed by atoms with E-state index in [-0.39, 0.29) is 11.6 Å². The van der Waals surface area contributed by atoms with Gasteiger partial charge in [-0.25, -0.2) is 18.9 Å². The van der Waals surface area contributed by atoms with E-state index in [2.05, 4.69) is 28.2 Å². The fourth-order valence-corrected chi connectivity index (χ4v) is 2.82. The van der Waals surface area contributed by atoms with Crippen LogP contribution >= 0.6 is 0 Å². The molecule has 2 heterocycles. The predicted molar refractivity (Wildman–Crippen MR) is 102 cm³/mol. The van der Waals surface area contributed by atoms with Crippen LogP contribution in [-0.4, -0.2) is 19.6 Å². The zero-order valence-corrected chi connectivity index (χ0v) is 14.8. The van der Waals surface area contributed by atoms with Crippen molar-refractivity contribution in [3.63, 3.8) is 0 Å². The minimum Gasteiger partial charge on any atom is -0.381 e. The van der Waals surface area contributed by atoms with Crippen molar-refractivity contribution in [1.29, 1.82) is 0 Å². The Hall–Kier alpha value is -3.28. The molecule has 0 aliphatic rings. The summed E-state index contributed by atoms with van der Waals surface area (Å²) in [6.07, 6.45) is 5.79. The van der Waals surface area contributed by atoms with E-state index in [0.29, 0.717) is 29.1 Å². The van der Waals surface area contributed by atoms with Crippen LogP contribution in [0.15, 0.2) is 55.2 Å². The molecule has 0 fully saturated rings. The molecule has 26 heavy (non-hydrogen) atoms. The Morgan fingerprint density at radius 3 is 2.73 bits per heavy atom. The number of halogens is 1. The largest absolute Gasteiger partial charge is 0.381 e. The lowest BCUT2D eigenvalue weighted by atomic mass is 10.0. The molecule has 0 saturated heterocycles. The number of anilines is 1. The van der Waals surface area contributed by atoms with Crippen molar-refractivity contribution in [1.82, 2.24) is 19.6 Å². The molecule has 0 aliphatic heterocycles. The summed E-state index contributed by atoms with van der Waals surface area (Å²) in [6.45, 7) is 11.2. The average molecular weight is 349 g/mol. The molecule has 0 unspecified atom stereocenters. The van der Waals surface area contributed by atoms with Gasteiger partial charge in [-0.2, -0.15) is 5.10 Å². The van der Waals surface area contributed by atoms with Crippen LogP contribution in [0.3, 0.4) is 0 Å². The van der Waals surface area contributed by atoms with Crippen LogP contribution in [0.4, 0.5) is 10.2 Å². The number of rotatable bonds is 5. The molecule has 0 atom stereocenters. The van der Waals surface area contributed by atoms with Crippen LogP contribution in [0.5, 0.6) is 0 Å². The molecule has 1 aromatic carbocycles. The van der Waals surface area contributed by atoms with E-state index in [0.717, 1.165) is 16.8 Å². The minimum atomic E-state index is -0.324. The van der Waals surface area contributed by atoms with Gasteiger partial charge in [0.25, 0.3) is 0 Å². The molecule has 132 valence electrons. The molecular weight excluding hydrogens is 329 g/mol. The minimum absolute atomic E-state index is 0.251. The standard InChI is InChI=1S/C20H20FN5/c1-5-7-14(6-2)10-17-23-20-19(22)24-18(13(4)26(20)25-17)16-11-15(21)9-8-12(16)3/h5-9,11H,1-2,10H2,3-4H3,(H2,22,24)/b14-7+. The van der Waals surface area contributed by atoms with Crippen LogP contribution < -0.4 is 5.73 Å². The van der Waals surface area contributed by atoms with Gasteiger partial charge in [-0.05, 0) is 37.1 Å². The van der Waals surface area contributed by atoms with Gasteiger partial charge >= 0.3 is 0 Å². The van der Waals surface area contributed by atoms with Crippen LogP contribution in [0.2, 0.25) is 0 Å². The number of aryl methyl sites for hydroxylation is 2. The fourth-order valence-electron chi connectivity index (χ4n) is 2.82. The van der Waals surface area contributed by atoms with Gasteiger partial charge in [0.05, 0.1) is 11.4 Å². The van der Waals surface area contributed by atoms with E-state index in [1.165, 1.54) is 12.1 Å². The molecule has 0 radical (unpaired) electrons. The first-order valence-corrected chi connectivity index (χ1v) is 8.17. The third-order valence-electron chi connectivity index (χ3n) is 4.18. The summed E-state index contributed by atoms with van der Waals surface area (Å²) in [7, 11) is 0. The first kappa shape index (κ1) is 17.5. The van der Waals surface area contributed by atoms with Crippen molar-refractivity contribution in [2.45, 2.75) is 20.3 Å². The van der Waals surface area contributed by atoms with Crippen molar-refractivity contribution in [2.24, 2.45) is 0 Å². The molecule has 0 saturated carbocycles. The summed E-state index contributed by atoms with van der Waals surface area (Å²) in [4.78, 5) is 8.94. The topological polar surface area (TPSA) is 69.1 Å². The van der Waals surface area contributed by atoms with E-state index >= 15 is 0 Å². The zero-order chi connectivity index (χ0) is 18.8. The third kappa shape index (κ3) is 3.13. The number of hydrogen-bond acceptors (Lipinski definition) is 4. The van der Waals surface area contributed by atoms with E-state index in [4.69, 9.17) is 5.73 Å². The molecule has 0 aliphatic carbocycles. The predicted octanol–water partition coefficient (Wildman–Crippen LogP) is 3.97. The van der Waals surface area contributed by atoms with Gasteiger partial charge in [-0.15, -0.1) is 0 Å². The highest BCUT2D eigenvalue weighted by Crippen LogP contribution is 2.28. The summed E-state index contributed by atoms with van der Waals surface area (Å²) in [5.74, 6) is 0.526. The van der Waals surface area contributed by atoms with E-state index in [1.54, 1.807) is 22.7 Å². The maximum Gasteiger partial charge on any atom is 0.198 e. The number of nitrogens with zero attached hydrogens (tertiary/aromatic N) is 4. The van der Waals surface area contributed by atoms with Crippen molar-refractivity contribution in [3.05, 3.63) is 78.1 Å². The second-order valence-corrected chi connectivity index (χ2v) is 6.01. The van der Waals surface area contributed by atoms with Gasteiger partial charge in [0.1, 0.15) is 5.82 Å². The molecular formula is C20H20FN5. The van der Waals surface area contributed by atoms with E-state index in [9.17, 15) is 4.39 Å². The number of hydrogen-bond donors (Lipinski definition) is 1. The van der Waals surface area contributed by atoms with Crippen LogP contribution in [0, 0.1) is 19.7 Å². The maximum atomic E-state index is 13.7. The van der Waals surface area contributed by atoms with Gasteiger partial charge in [0.15, 0.2) is 17.3 Å². The molecule has 3 rings (SSSR count). The molecule has 0 amide bonds. The highest BCUT2D eigenvalue weighted by Gasteiger charge is 2.17. The summed E-state index contributed by atoms with van der Waals surface area (Å²) < 4.78 is 15.4. The van der Waals surface area contributed by atoms with Crippen molar-refractivity contribution in [2.75, 3.05) is 5.73 Å². The Morgan fingerprint density at radius 1 is 1.27 bits per heavy atom. The van der Waals surface area contributed by atoms with Crippen LogP contribution in [0.25, 0.3) is 16.9 Å². The summed E-state index contributed by atoms with van der Waals surface area (Å²) in [6, 6.07) is 4.60. The Balaban J connectivity index is 2.16. The quantitative estimate of drug-likeness (QED) is 0.708. The van der Waals surface area contributed by atoms with Crippen LogP contribution in [0.1, 0.15) is 17.1 Å². The third-order valence-corrected chi connectivity index (χ3v) is 4.18. The lowest BCUT2D eigenvalue weighted by Crippen LogP contribution is -2.05. The molecule has 6 heteroatoms.